The minimum atomic E-state index is 0.0913. The topological polar surface area (TPSA) is 80.4 Å². The van der Waals surface area contributed by atoms with Gasteiger partial charge in [0.05, 0.1) is 13.0 Å². The van der Waals surface area contributed by atoms with E-state index in [1.165, 1.54) is 7.11 Å². The summed E-state index contributed by atoms with van der Waals surface area (Å²) in [4.78, 5) is 4.46. The molecule has 0 amide bonds. The summed E-state index contributed by atoms with van der Waals surface area (Å²) < 4.78 is 10.5. The third kappa shape index (κ3) is 2.22. The molecule has 20 heavy (non-hydrogen) atoms. The van der Waals surface area contributed by atoms with Crippen molar-refractivity contribution in [1.82, 2.24) is 15.5 Å². The van der Waals surface area contributed by atoms with Gasteiger partial charge >= 0.3 is 0 Å². The molecule has 1 fully saturated rings. The second kappa shape index (κ2) is 5.13. The molecule has 0 aliphatic carbocycles. The van der Waals surface area contributed by atoms with Gasteiger partial charge in [0.25, 0.3) is 0 Å². The van der Waals surface area contributed by atoms with Gasteiger partial charge in [-0.15, -0.1) is 0 Å². The van der Waals surface area contributed by atoms with E-state index in [4.69, 9.17) is 9.26 Å². The first-order chi connectivity index (χ1) is 9.69. The summed E-state index contributed by atoms with van der Waals surface area (Å²) in [7, 11) is 1.51. The fourth-order valence-electron chi connectivity index (χ4n) is 2.46. The standard InChI is InChI=1S/C14H17N3O3/c1-8-6-15-7-10(8)14-16-13(17-20-14)9-3-4-11(18)12(5-9)19-2/h3-5,8,10,15,18H,6-7H2,1-2H3. The Kier molecular flexibility index (Phi) is 3.31. The maximum Gasteiger partial charge on any atom is 0.231 e. The van der Waals surface area contributed by atoms with Crippen molar-refractivity contribution in [2.75, 3.05) is 20.2 Å². The molecule has 2 N–H and O–H groups in total. The summed E-state index contributed by atoms with van der Waals surface area (Å²) in [6.07, 6.45) is 0. The van der Waals surface area contributed by atoms with E-state index in [2.05, 4.69) is 22.4 Å². The number of rotatable bonds is 3. The quantitative estimate of drug-likeness (QED) is 0.888. The molecule has 0 bridgehead atoms. The van der Waals surface area contributed by atoms with Crippen LogP contribution in [0.25, 0.3) is 11.4 Å². The van der Waals surface area contributed by atoms with Crippen LogP contribution in [0.5, 0.6) is 11.5 Å². The first-order valence-corrected chi connectivity index (χ1v) is 6.60. The number of phenols is 1. The Hall–Kier alpha value is -2.08. The normalized spacial score (nSPS) is 22.1. The van der Waals surface area contributed by atoms with Gasteiger partial charge in [-0.1, -0.05) is 12.1 Å². The van der Waals surface area contributed by atoms with E-state index in [-0.39, 0.29) is 11.7 Å². The zero-order valence-electron chi connectivity index (χ0n) is 11.5. The highest BCUT2D eigenvalue weighted by Gasteiger charge is 2.29. The Morgan fingerprint density at radius 3 is 2.95 bits per heavy atom. The summed E-state index contributed by atoms with van der Waals surface area (Å²) in [5, 5.41) is 16.9. The smallest absolute Gasteiger partial charge is 0.231 e. The monoisotopic (exact) mass is 275 g/mol. The Labute approximate surface area is 116 Å². The van der Waals surface area contributed by atoms with Gasteiger partial charge in [0.2, 0.25) is 11.7 Å². The summed E-state index contributed by atoms with van der Waals surface area (Å²) >= 11 is 0. The highest BCUT2D eigenvalue weighted by atomic mass is 16.5. The molecule has 1 aliphatic rings. The Bertz CT molecular complexity index is 611. The molecule has 1 aromatic carbocycles. The molecule has 2 atom stereocenters. The minimum absolute atomic E-state index is 0.0913. The molecule has 0 saturated carbocycles. The molecule has 6 heteroatoms. The highest BCUT2D eigenvalue weighted by Crippen LogP contribution is 2.32. The van der Waals surface area contributed by atoms with Gasteiger partial charge in [-0.2, -0.15) is 4.98 Å². The summed E-state index contributed by atoms with van der Waals surface area (Å²) in [6.45, 7) is 4.00. The van der Waals surface area contributed by atoms with Gasteiger partial charge in [0.1, 0.15) is 0 Å². The molecule has 1 aromatic heterocycles. The van der Waals surface area contributed by atoms with Gasteiger partial charge in [-0.05, 0) is 30.7 Å². The van der Waals surface area contributed by atoms with E-state index in [1.807, 2.05) is 0 Å². The lowest BCUT2D eigenvalue weighted by Crippen LogP contribution is -2.08. The number of aromatic nitrogens is 2. The Morgan fingerprint density at radius 1 is 1.40 bits per heavy atom. The SMILES string of the molecule is COc1cc(-c2noc(C3CNCC3C)n2)ccc1O. The minimum Gasteiger partial charge on any atom is -0.504 e. The summed E-state index contributed by atoms with van der Waals surface area (Å²) in [6, 6.07) is 4.99. The number of nitrogens with one attached hydrogen (secondary N) is 1. The highest BCUT2D eigenvalue weighted by molar-refractivity contribution is 5.60. The van der Waals surface area contributed by atoms with E-state index in [9.17, 15) is 5.11 Å². The first kappa shape index (κ1) is 12.9. The van der Waals surface area contributed by atoms with Crippen LogP contribution in [0.2, 0.25) is 0 Å². The number of hydrogen-bond donors (Lipinski definition) is 2. The summed E-state index contributed by atoms with van der Waals surface area (Å²) in [5.74, 6) is 2.40. The van der Waals surface area contributed by atoms with Crippen LogP contribution in [0.15, 0.2) is 22.7 Å². The lowest BCUT2D eigenvalue weighted by atomic mass is 9.98. The zero-order chi connectivity index (χ0) is 14.1. The summed E-state index contributed by atoms with van der Waals surface area (Å²) in [5.41, 5.74) is 0.758. The van der Waals surface area contributed by atoms with Crippen LogP contribution < -0.4 is 10.1 Å². The zero-order valence-corrected chi connectivity index (χ0v) is 11.5. The van der Waals surface area contributed by atoms with Gasteiger partial charge < -0.3 is 19.7 Å². The average Bonchev–Trinajstić information content (AvgIpc) is 3.08. The van der Waals surface area contributed by atoms with Crippen LogP contribution in [0.4, 0.5) is 0 Å². The van der Waals surface area contributed by atoms with Crippen LogP contribution in [0.3, 0.4) is 0 Å². The lowest BCUT2D eigenvalue weighted by molar-refractivity contribution is 0.340. The van der Waals surface area contributed by atoms with E-state index >= 15 is 0 Å². The van der Waals surface area contributed by atoms with Crippen molar-refractivity contribution in [2.24, 2.45) is 5.92 Å². The first-order valence-electron chi connectivity index (χ1n) is 6.60. The van der Waals surface area contributed by atoms with Crippen molar-refractivity contribution in [2.45, 2.75) is 12.8 Å². The van der Waals surface area contributed by atoms with Crippen molar-refractivity contribution in [3.63, 3.8) is 0 Å². The molecule has 2 aromatic rings. The van der Waals surface area contributed by atoms with Crippen molar-refractivity contribution < 1.29 is 14.4 Å². The molecule has 1 saturated heterocycles. The number of aromatic hydroxyl groups is 1. The van der Waals surface area contributed by atoms with E-state index in [0.29, 0.717) is 23.4 Å². The van der Waals surface area contributed by atoms with Crippen molar-refractivity contribution >= 4 is 0 Å². The molecule has 1 aliphatic heterocycles. The number of hydrogen-bond acceptors (Lipinski definition) is 6. The predicted molar refractivity (Wildman–Crippen MR) is 72.7 cm³/mol. The third-order valence-corrected chi connectivity index (χ3v) is 3.71. The number of nitrogens with zero attached hydrogens (tertiary/aromatic N) is 2. The molecule has 0 radical (unpaired) electrons. The van der Waals surface area contributed by atoms with Crippen LogP contribution in [-0.2, 0) is 0 Å². The van der Waals surface area contributed by atoms with Crippen LogP contribution >= 0.6 is 0 Å². The van der Waals surface area contributed by atoms with Crippen molar-refractivity contribution in [3.05, 3.63) is 24.1 Å². The molecule has 2 unspecified atom stereocenters. The third-order valence-electron chi connectivity index (χ3n) is 3.71. The largest absolute Gasteiger partial charge is 0.504 e. The predicted octanol–water partition coefficient (Wildman–Crippen LogP) is 1.77. The van der Waals surface area contributed by atoms with Crippen LogP contribution in [0.1, 0.15) is 18.7 Å². The fraction of sp³-hybridized carbons (Fsp3) is 0.429. The van der Waals surface area contributed by atoms with Crippen LogP contribution in [0, 0.1) is 5.92 Å². The van der Waals surface area contributed by atoms with Crippen LogP contribution in [-0.4, -0.2) is 35.4 Å². The van der Waals surface area contributed by atoms with E-state index in [0.717, 1.165) is 18.7 Å². The maximum absolute atomic E-state index is 9.60. The van der Waals surface area contributed by atoms with Gasteiger partial charge in [0.15, 0.2) is 11.5 Å². The van der Waals surface area contributed by atoms with E-state index in [1.54, 1.807) is 18.2 Å². The molecule has 0 spiro atoms. The Morgan fingerprint density at radius 2 is 2.25 bits per heavy atom. The van der Waals surface area contributed by atoms with Gasteiger partial charge in [-0.25, -0.2) is 0 Å². The average molecular weight is 275 g/mol. The van der Waals surface area contributed by atoms with Crippen molar-refractivity contribution in [1.29, 1.82) is 0 Å². The fourth-order valence-corrected chi connectivity index (χ4v) is 2.46. The number of benzene rings is 1. The van der Waals surface area contributed by atoms with Crippen molar-refractivity contribution in [3.8, 4) is 22.9 Å². The molecule has 2 heterocycles. The van der Waals surface area contributed by atoms with Gasteiger partial charge in [0, 0.05) is 12.1 Å². The maximum atomic E-state index is 9.60. The lowest BCUT2D eigenvalue weighted by Gasteiger charge is -2.07. The second-order valence-electron chi connectivity index (χ2n) is 5.08. The number of methoxy groups -OCH3 is 1. The second-order valence-corrected chi connectivity index (χ2v) is 5.08. The van der Waals surface area contributed by atoms with Gasteiger partial charge in [-0.3, -0.25) is 0 Å². The number of ether oxygens (including phenoxy) is 1. The number of phenolic OH excluding ortho intramolecular Hbond substituents is 1. The molecule has 3 rings (SSSR count). The molecular weight excluding hydrogens is 258 g/mol. The Balaban J connectivity index is 1.90. The molecule has 6 nitrogen and oxygen atoms in total. The molecular formula is C14H17N3O3. The molecule has 106 valence electrons. The van der Waals surface area contributed by atoms with E-state index < -0.39 is 0 Å².